The molecule has 1 aromatic heterocycles. The highest BCUT2D eigenvalue weighted by Crippen LogP contribution is 2.38. The van der Waals surface area contributed by atoms with Gasteiger partial charge >= 0.3 is 0 Å². The van der Waals surface area contributed by atoms with Crippen LogP contribution < -0.4 is 15.0 Å². The van der Waals surface area contributed by atoms with Gasteiger partial charge in [-0.1, -0.05) is 18.2 Å². The Hall–Kier alpha value is -2.96. The Morgan fingerprint density at radius 2 is 1.97 bits per heavy atom. The summed E-state index contributed by atoms with van der Waals surface area (Å²) in [6.07, 6.45) is 7.31. The van der Waals surface area contributed by atoms with Gasteiger partial charge in [0.15, 0.2) is 0 Å². The number of rotatable bonds is 4. The average Bonchev–Trinajstić information content (AvgIpc) is 2.83. The largest absolute Gasteiger partial charge is 0.481 e. The molecule has 1 amide bonds. The minimum absolute atomic E-state index is 0.0463. The maximum absolute atomic E-state index is 13.8. The zero-order valence-electron chi connectivity index (χ0n) is 20.9. The molecule has 0 saturated heterocycles. The first-order valence-corrected chi connectivity index (χ1v) is 12.6. The molecule has 1 aliphatic carbocycles. The number of hydrogen-bond donors (Lipinski definition) is 1. The molecule has 0 atom stereocenters. The fraction of sp³-hybridized carbons (Fsp3) is 0.500. The molecule has 188 valence electrons. The van der Waals surface area contributed by atoms with Crippen molar-refractivity contribution in [1.82, 2.24) is 10.3 Å². The highest BCUT2D eigenvalue weighted by atomic mass is 19.3. The van der Waals surface area contributed by atoms with Gasteiger partial charge in [-0.2, -0.15) is 0 Å². The molecule has 0 bridgehead atoms. The molecular weight excluding hydrogens is 448 g/mol. The number of ether oxygens (including phenoxy) is 1. The Labute approximate surface area is 206 Å². The van der Waals surface area contributed by atoms with E-state index in [0.29, 0.717) is 43.8 Å². The van der Waals surface area contributed by atoms with Gasteiger partial charge < -0.3 is 15.0 Å². The number of aryl methyl sites for hydroxylation is 2. The SMILES string of the molecule is CCN(c1cccc2c1C/C=C/CCc1cc(C)nc(OC)c1CNC2=O)C1CCC(F)(F)CC1. The number of pyridine rings is 1. The molecule has 0 unspecified atom stereocenters. The van der Waals surface area contributed by atoms with Gasteiger partial charge in [0, 0.05) is 54.5 Å². The maximum atomic E-state index is 13.8. The summed E-state index contributed by atoms with van der Waals surface area (Å²) in [5.41, 5.74) is 5.44. The second kappa shape index (κ2) is 10.8. The topological polar surface area (TPSA) is 54.5 Å². The Morgan fingerprint density at radius 3 is 2.69 bits per heavy atom. The summed E-state index contributed by atoms with van der Waals surface area (Å²) in [7, 11) is 1.60. The van der Waals surface area contributed by atoms with E-state index in [4.69, 9.17) is 4.74 Å². The fourth-order valence-corrected chi connectivity index (χ4v) is 5.37. The number of carbonyl (C=O) groups is 1. The van der Waals surface area contributed by atoms with Crippen molar-refractivity contribution in [3.05, 3.63) is 64.4 Å². The highest BCUT2D eigenvalue weighted by molar-refractivity contribution is 5.97. The minimum Gasteiger partial charge on any atom is -0.481 e. The lowest BCUT2D eigenvalue weighted by Crippen LogP contribution is -2.41. The number of halogens is 2. The van der Waals surface area contributed by atoms with Gasteiger partial charge in [-0.05, 0) is 75.3 Å². The summed E-state index contributed by atoms with van der Waals surface area (Å²) in [6, 6.07) is 7.87. The van der Waals surface area contributed by atoms with E-state index in [1.807, 2.05) is 25.1 Å². The standard InChI is InChI=1S/C28H35F2N3O2/c1-4-33(21-13-15-28(29,30)16-14-21)25-12-8-11-23-22(25)10-7-5-6-9-20-17-19(2)32-27(35-3)24(20)18-31-26(23)34/h5,7-8,11-12,17,21H,4,6,9-10,13-16,18H2,1-3H3,(H,31,34)/b7-5+. The lowest BCUT2D eigenvalue weighted by molar-refractivity contribution is -0.0380. The number of anilines is 1. The van der Waals surface area contributed by atoms with Crippen molar-refractivity contribution in [3.63, 3.8) is 0 Å². The third-order valence-electron chi connectivity index (χ3n) is 7.17. The van der Waals surface area contributed by atoms with Crippen molar-refractivity contribution in [1.29, 1.82) is 0 Å². The molecule has 1 aromatic carbocycles. The Morgan fingerprint density at radius 1 is 1.20 bits per heavy atom. The number of benzene rings is 1. The predicted octanol–water partition coefficient (Wildman–Crippen LogP) is 5.78. The Bertz CT molecular complexity index is 1090. The summed E-state index contributed by atoms with van der Waals surface area (Å²) in [4.78, 5) is 20.1. The van der Waals surface area contributed by atoms with E-state index in [1.165, 1.54) is 0 Å². The van der Waals surface area contributed by atoms with Gasteiger partial charge in [-0.3, -0.25) is 4.79 Å². The number of alkyl halides is 2. The molecule has 2 heterocycles. The van der Waals surface area contributed by atoms with Crippen molar-refractivity contribution in [2.45, 2.75) is 77.3 Å². The normalized spacial score (nSPS) is 19.4. The summed E-state index contributed by atoms with van der Waals surface area (Å²) in [5.74, 6) is -2.18. The van der Waals surface area contributed by atoms with E-state index >= 15 is 0 Å². The third kappa shape index (κ3) is 5.65. The molecule has 2 aliphatic rings. The molecule has 2 aromatic rings. The fourth-order valence-electron chi connectivity index (χ4n) is 5.37. The number of nitrogens with zero attached hydrogens (tertiary/aromatic N) is 2. The number of fused-ring (bicyclic) bond motifs is 2. The molecule has 4 rings (SSSR count). The van der Waals surface area contributed by atoms with Gasteiger partial charge in [0.1, 0.15) is 0 Å². The summed E-state index contributed by atoms with van der Waals surface area (Å²) >= 11 is 0. The third-order valence-corrected chi connectivity index (χ3v) is 7.17. The lowest BCUT2D eigenvalue weighted by atomic mass is 9.89. The molecule has 1 N–H and O–H groups in total. The monoisotopic (exact) mass is 483 g/mol. The second-order valence-electron chi connectivity index (χ2n) is 9.48. The molecule has 0 radical (unpaired) electrons. The van der Waals surface area contributed by atoms with E-state index in [0.717, 1.165) is 40.9 Å². The zero-order chi connectivity index (χ0) is 25.0. The molecule has 0 spiro atoms. The summed E-state index contributed by atoms with van der Waals surface area (Å²) < 4.78 is 33.2. The van der Waals surface area contributed by atoms with E-state index in [2.05, 4.69) is 40.3 Å². The van der Waals surface area contributed by atoms with Gasteiger partial charge in [-0.25, -0.2) is 13.8 Å². The summed E-state index contributed by atoms with van der Waals surface area (Å²) in [5, 5.41) is 3.08. The smallest absolute Gasteiger partial charge is 0.251 e. The van der Waals surface area contributed by atoms with Crippen LogP contribution in [0.4, 0.5) is 14.5 Å². The van der Waals surface area contributed by atoms with E-state index in [9.17, 15) is 13.6 Å². The molecule has 1 aliphatic heterocycles. The Kier molecular flexibility index (Phi) is 7.72. The van der Waals surface area contributed by atoms with Crippen molar-refractivity contribution in [3.8, 4) is 5.88 Å². The second-order valence-corrected chi connectivity index (χ2v) is 9.48. The van der Waals surface area contributed by atoms with Crippen LogP contribution in [0.1, 0.15) is 71.8 Å². The van der Waals surface area contributed by atoms with Crippen LogP contribution in [0.25, 0.3) is 0 Å². The molecule has 7 heteroatoms. The summed E-state index contributed by atoms with van der Waals surface area (Å²) in [6.45, 7) is 5.02. The van der Waals surface area contributed by atoms with Crippen LogP contribution in [0.2, 0.25) is 0 Å². The van der Waals surface area contributed by atoms with E-state index in [1.54, 1.807) is 7.11 Å². The van der Waals surface area contributed by atoms with Gasteiger partial charge in [-0.15, -0.1) is 0 Å². The number of nitrogens with one attached hydrogen (secondary N) is 1. The number of carbonyl (C=O) groups excluding carboxylic acids is 1. The van der Waals surface area contributed by atoms with Crippen LogP contribution in [0.15, 0.2) is 36.4 Å². The molecule has 1 fully saturated rings. The van der Waals surface area contributed by atoms with Gasteiger partial charge in [0.2, 0.25) is 11.8 Å². The van der Waals surface area contributed by atoms with Crippen molar-refractivity contribution < 1.29 is 18.3 Å². The molecule has 1 saturated carbocycles. The average molecular weight is 484 g/mol. The van der Waals surface area contributed by atoms with Crippen molar-refractivity contribution in [2.75, 3.05) is 18.6 Å². The Balaban J connectivity index is 1.67. The predicted molar refractivity (Wildman–Crippen MR) is 135 cm³/mol. The van der Waals surface area contributed by atoms with Crippen LogP contribution in [0, 0.1) is 6.92 Å². The molecule has 5 nitrogen and oxygen atoms in total. The minimum atomic E-state index is -2.57. The first-order chi connectivity index (χ1) is 16.8. The van der Waals surface area contributed by atoms with E-state index in [-0.39, 0.29) is 24.8 Å². The maximum Gasteiger partial charge on any atom is 0.251 e. The van der Waals surface area contributed by atoms with Gasteiger partial charge in [0.05, 0.1) is 7.11 Å². The lowest BCUT2D eigenvalue weighted by Gasteiger charge is -2.39. The number of aromatic nitrogens is 1. The first-order valence-electron chi connectivity index (χ1n) is 12.6. The molecular formula is C28H35F2N3O2. The van der Waals surface area contributed by atoms with Gasteiger partial charge in [0.25, 0.3) is 5.91 Å². The number of methoxy groups -OCH3 is 1. The van der Waals surface area contributed by atoms with Crippen LogP contribution in [-0.4, -0.2) is 36.5 Å². The van der Waals surface area contributed by atoms with Crippen LogP contribution in [-0.2, 0) is 19.4 Å². The first kappa shape index (κ1) is 25.1. The van der Waals surface area contributed by atoms with Crippen molar-refractivity contribution >= 4 is 11.6 Å². The quantitative estimate of drug-likeness (QED) is 0.561. The van der Waals surface area contributed by atoms with E-state index < -0.39 is 5.92 Å². The number of hydrogen-bond acceptors (Lipinski definition) is 4. The zero-order valence-corrected chi connectivity index (χ0v) is 20.9. The van der Waals surface area contributed by atoms with Crippen LogP contribution in [0.3, 0.4) is 0 Å². The molecule has 35 heavy (non-hydrogen) atoms. The van der Waals surface area contributed by atoms with Crippen LogP contribution >= 0.6 is 0 Å². The van der Waals surface area contributed by atoms with Crippen LogP contribution in [0.5, 0.6) is 5.88 Å². The van der Waals surface area contributed by atoms with Crippen molar-refractivity contribution in [2.24, 2.45) is 0 Å². The number of allylic oxidation sites excluding steroid dienone is 2. The number of amides is 1. The highest BCUT2D eigenvalue weighted by Gasteiger charge is 2.37.